The lowest BCUT2D eigenvalue weighted by Crippen LogP contribution is -2.45. The van der Waals surface area contributed by atoms with Crippen molar-refractivity contribution < 1.29 is 14.7 Å². The van der Waals surface area contributed by atoms with E-state index in [9.17, 15) is 14.7 Å². The number of carbonyl (C=O) groups is 2. The summed E-state index contributed by atoms with van der Waals surface area (Å²) in [5.41, 5.74) is 1.12. The van der Waals surface area contributed by atoms with Gasteiger partial charge in [0, 0.05) is 12.2 Å². The Hall–Kier alpha value is -1.36. The summed E-state index contributed by atoms with van der Waals surface area (Å²) < 4.78 is 0. The van der Waals surface area contributed by atoms with Gasteiger partial charge in [0.25, 0.3) is 0 Å². The Bertz CT molecular complexity index is 433. The van der Waals surface area contributed by atoms with Crippen LogP contribution in [-0.2, 0) is 9.59 Å². The Balaban J connectivity index is 2.02. The molecule has 1 heterocycles. The molecule has 1 aliphatic heterocycles. The van der Waals surface area contributed by atoms with E-state index in [1.165, 1.54) is 6.42 Å². The number of aliphatic carboxylic acids is 1. The molecule has 1 amide bonds. The molecule has 0 aromatic rings. The molecule has 0 bridgehead atoms. The van der Waals surface area contributed by atoms with E-state index in [0.717, 1.165) is 31.4 Å². The van der Waals surface area contributed by atoms with Crippen molar-refractivity contribution in [1.29, 1.82) is 0 Å². The number of likely N-dealkylation sites (tertiary alicyclic amines) is 1. The number of nitrogens with zero attached hydrogens (tertiary/aromatic N) is 2. The second-order valence-electron chi connectivity index (χ2n) is 6.10. The molecule has 2 atom stereocenters. The fraction of sp³-hybridized carbons (Fsp3) is 0.750. The minimum Gasteiger partial charge on any atom is -0.480 e. The third kappa shape index (κ3) is 3.64. The summed E-state index contributed by atoms with van der Waals surface area (Å²) in [6.07, 6.45) is 7.33. The van der Waals surface area contributed by atoms with Gasteiger partial charge in [0.1, 0.15) is 6.04 Å². The maximum Gasteiger partial charge on any atom is 0.321 e. The van der Waals surface area contributed by atoms with Crippen LogP contribution in [0.25, 0.3) is 0 Å². The fourth-order valence-corrected chi connectivity index (χ4v) is 3.47. The van der Waals surface area contributed by atoms with E-state index in [4.69, 9.17) is 0 Å². The van der Waals surface area contributed by atoms with Gasteiger partial charge < -0.3 is 10.0 Å². The lowest BCUT2D eigenvalue weighted by molar-refractivity contribution is -0.144. The largest absolute Gasteiger partial charge is 0.480 e. The van der Waals surface area contributed by atoms with Gasteiger partial charge in [0.2, 0.25) is 5.91 Å². The molecule has 1 saturated heterocycles. The summed E-state index contributed by atoms with van der Waals surface area (Å²) >= 11 is 0. The maximum atomic E-state index is 12.6. The van der Waals surface area contributed by atoms with Crippen LogP contribution in [0.2, 0.25) is 0 Å². The van der Waals surface area contributed by atoms with Crippen molar-refractivity contribution in [3.8, 4) is 0 Å². The molecule has 2 unspecified atom stereocenters. The third-order valence-electron chi connectivity index (χ3n) is 4.63. The quantitative estimate of drug-likeness (QED) is 0.843. The molecule has 1 N–H and O–H groups in total. The summed E-state index contributed by atoms with van der Waals surface area (Å²) in [5, 5.41) is 9.33. The summed E-state index contributed by atoms with van der Waals surface area (Å²) in [5.74, 6) is -0.669. The number of rotatable bonds is 5. The average Bonchev–Trinajstić information content (AvgIpc) is 2.81. The number of carboxylic acid groups (broad SMARTS) is 1. The third-order valence-corrected chi connectivity index (χ3v) is 4.63. The minimum absolute atomic E-state index is 0.0333. The molecule has 0 radical (unpaired) electrons. The first kappa shape index (κ1) is 16.0. The number of allylic oxidation sites excluding steroid dienone is 2. The van der Waals surface area contributed by atoms with Crippen LogP contribution in [0.1, 0.15) is 46.0 Å². The van der Waals surface area contributed by atoms with Crippen molar-refractivity contribution in [1.82, 2.24) is 9.80 Å². The number of amides is 1. The Morgan fingerprint density at radius 3 is 2.76 bits per heavy atom. The van der Waals surface area contributed by atoms with Gasteiger partial charge in [-0.15, -0.1) is 0 Å². The van der Waals surface area contributed by atoms with E-state index >= 15 is 0 Å². The SMILES string of the molecule is CCN(C(=O)CN1CCC(C)C1C(=O)O)C1=CCCCC1. The van der Waals surface area contributed by atoms with Crippen molar-refractivity contribution in [2.24, 2.45) is 5.92 Å². The average molecular weight is 294 g/mol. The van der Waals surface area contributed by atoms with Gasteiger partial charge >= 0.3 is 5.97 Å². The van der Waals surface area contributed by atoms with Gasteiger partial charge in [-0.2, -0.15) is 0 Å². The Morgan fingerprint density at radius 2 is 2.19 bits per heavy atom. The zero-order valence-electron chi connectivity index (χ0n) is 13.0. The van der Waals surface area contributed by atoms with E-state index in [0.29, 0.717) is 13.1 Å². The molecular weight excluding hydrogens is 268 g/mol. The van der Waals surface area contributed by atoms with Crippen LogP contribution < -0.4 is 0 Å². The lowest BCUT2D eigenvalue weighted by Gasteiger charge is -2.30. The van der Waals surface area contributed by atoms with Crippen molar-refractivity contribution in [2.75, 3.05) is 19.6 Å². The van der Waals surface area contributed by atoms with E-state index in [-0.39, 0.29) is 18.4 Å². The topological polar surface area (TPSA) is 60.9 Å². The van der Waals surface area contributed by atoms with Crippen LogP contribution in [0.5, 0.6) is 0 Å². The summed E-state index contributed by atoms with van der Waals surface area (Å²) in [6, 6.07) is -0.520. The van der Waals surface area contributed by atoms with Crippen LogP contribution in [-0.4, -0.2) is 52.5 Å². The molecule has 1 fully saturated rings. The maximum absolute atomic E-state index is 12.6. The summed E-state index contributed by atoms with van der Waals surface area (Å²) in [7, 11) is 0. The zero-order valence-corrected chi connectivity index (χ0v) is 13.0. The van der Waals surface area contributed by atoms with Crippen LogP contribution in [0.4, 0.5) is 0 Å². The number of carbonyl (C=O) groups excluding carboxylic acids is 1. The van der Waals surface area contributed by atoms with Gasteiger partial charge in [0.15, 0.2) is 0 Å². The summed E-state index contributed by atoms with van der Waals surface area (Å²) in [6.45, 7) is 5.50. The molecule has 2 aliphatic rings. The predicted octanol–water partition coefficient (Wildman–Crippen LogP) is 2.09. The molecule has 5 nitrogen and oxygen atoms in total. The van der Waals surface area contributed by atoms with Crippen LogP contribution >= 0.6 is 0 Å². The van der Waals surface area contributed by atoms with Crippen LogP contribution in [0.15, 0.2) is 11.8 Å². The highest BCUT2D eigenvalue weighted by Crippen LogP contribution is 2.25. The zero-order chi connectivity index (χ0) is 15.4. The van der Waals surface area contributed by atoms with Crippen molar-refractivity contribution in [3.63, 3.8) is 0 Å². The van der Waals surface area contributed by atoms with Gasteiger partial charge in [-0.05, 0) is 51.5 Å². The van der Waals surface area contributed by atoms with Crippen molar-refractivity contribution in [3.05, 3.63) is 11.8 Å². The molecule has 0 saturated carbocycles. The molecule has 1 aliphatic carbocycles. The standard InChI is InChI=1S/C16H26N2O3/c1-3-18(13-7-5-4-6-8-13)14(19)11-17-10-9-12(2)15(17)16(20)21/h7,12,15H,3-6,8-11H2,1-2H3,(H,20,21). The highest BCUT2D eigenvalue weighted by Gasteiger charge is 2.38. The second-order valence-corrected chi connectivity index (χ2v) is 6.10. The Morgan fingerprint density at radius 1 is 1.43 bits per heavy atom. The monoisotopic (exact) mass is 294 g/mol. The number of hydrogen-bond donors (Lipinski definition) is 1. The first-order valence-corrected chi connectivity index (χ1v) is 8.00. The molecule has 2 rings (SSSR count). The van der Waals surface area contributed by atoms with Crippen molar-refractivity contribution >= 4 is 11.9 Å². The van der Waals surface area contributed by atoms with E-state index in [2.05, 4.69) is 6.08 Å². The van der Waals surface area contributed by atoms with Gasteiger partial charge in [-0.3, -0.25) is 14.5 Å². The number of likely N-dealkylation sites (N-methyl/N-ethyl adjacent to an activating group) is 1. The molecule has 5 heteroatoms. The molecular formula is C16H26N2O3. The second kappa shape index (κ2) is 7.07. The van der Waals surface area contributed by atoms with Crippen LogP contribution in [0.3, 0.4) is 0 Å². The van der Waals surface area contributed by atoms with E-state index < -0.39 is 12.0 Å². The molecule has 118 valence electrons. The Labute approximate surface area is 126 Å². The molecule has 21 heavy (non-hydrogen) atoms. The number of carboxylic acids is 1. The van der Waals surface area contributed by atoms with Gasteiger partial charge in [0.05, 0.1) is 6.54 Å². The smallest absolute Gasteiger partial charge is 0.321 e. The predicted molar refractivity (Wildman–Crippen MR) is 80.7 cm³/mol. The number of hydrogen-bond acceptors (Lipinski definition) is 3. The first-order chi connectivity index (χ1) is 10.0. The molecule has 0 aromatic heterocycles. The summed E-state index contributed by atoms with van der Waals surface area (Å²) in [4.78, 5) is 27.6. The highest BCUT2D eigenvalue weighted by atomic mass is 16.4. The molecule has 0 aromatic carbocycles. The van der Waals surface area contributed by atoms with Gasteiger partial charge in [-0.1, -0.05) is 13.0 Å². The lowest BCUT2D eigenvalue weighted by atomic mass is 10.0. The van der Waals surface area contributed by atoms with E-state index in [1.807, 2.05) is 23.6 Å². The van der Waals surface area contributed by atoms with Gasteiger partial charge in [-0.25, -0.2) is 0 Å². The minimum atomic E-state index is -0.812. The normalized spacial score (nSPS) is 26.5. The fourth-order valence-electron chi connectivity index (χ4n) is 3.47. The van der Waals surface area contributed by atoms with Crippen molar-refractivity contribution in [2.45, 2.75) is 52.0 Å². The molecule has 0 spiro atoms. The van der Waals surface area contributed by atoms with E-state index in [1.54, 1.807) is 0 Å². The first-order valence-electron chi connectivity index (χ1n) is 8.00. The highest BCUT2D eigenvalue weighted by molar-refractivity contribution is 5.81. The Kier molecular flexibility index (Phi) is 5.39. The van der Waals surface area contributed by atoms with Crippen LogP contribution in [0, 0.1) is 5.92 Å².